The van der Waals surface area contributed by atoms with E-state index in [9.17, 15) is 0 Å². The maximum Gasteiger partial charge on any atom is 0.168 e. The van der Waals surface area contributed by atoms with Gasteiger partial charge in [0.1, 0.15) is 5.75 Å². The highest BCUT2D eigenvalue weighted by Crippen LogP contribution is 2.32. The van der Waals surface area contributed by atoms with Gasteiger partial charge >= 0.3 is 0 Å². The average Bonchev–Trinajstić information content (AvgIpc) is 3.41. The molecule has 2 aliphatic heterocycles. The molecule has 8 heteroatoms. The van der Waals surface area contributed by atoms with Crippen molar-refractivity contribution < 1.29 is 9.47 Å². The van der Waals surface area contributed by atoms with Gasteiger partial charge in [-0.05, 0) is 41.3 Å². The largest absolute Gasteiger partial charge is 0.495 e. The molecule has 4 rings (SSSR count). The molecule has 0 aliphatic carbocycles. The SMILES string of the molecule is COc1ccccc1N1CCN(C(c2nnnn2CC2CCCO2)C(C)C)CC1. The third-order valence-corrected chi connectivity index (χ3v) is 5.99. The third kappa shape index (κ3) is 4.38. The summed E-state index contributed by atoms with van der Waals surface area (Å²) in [6.07, 6.45) is 2.44. The minimum absolute atomic E-state index is 0.200. The fraction of sp³-hybridized carbons (Fsp3) is 0.667. The molecule has 1 aromatic heterocycles. The molecule has 1 aromatic carbocycles. The maximum atomic E-state index is 5.80. The Labute approximate surface area is 172 Å². The smallest absolute Gasteiger partial charge is 0.168 e. The van der Waals surface area contributed by atoms with E-state index in [-0.39, 0.29) is 12.1 Å². The average molecular weight is 401 g/mol. The summed E-state index contributed by atoms with van der Waals surface area (Å²) in [5.74, 6) is 2.31. The van der Waals surface area contributed by atoms with Gasteiger partial charge in [-0.3, -0.25) is 4.90 Å². The summed E-state index contributed by atoms with van der Waals surface area (Å²) in [5, 5.41) is 12.7. The van der Waals surface area contributed by atoms with Gasteiger partial charge in [-0.25, -0.2) is 4.68 Å². The Bertz CT molecular complexity index is 781. The Hall–Kier alpha value is -2.19. The number of ether oxygens (including phenoxy) is 2. The number of rotatable bonds is 7. The van der Waals surface area contributed by atoms with Crippen molar-refractivity contribution in [2.75, 3.05) is 44.8 Å². The summed E-state index contributed by atoms with van der Waals surface area (Å²) >= 11 is 0. The minimum Gasteiger partial charge on any atom is -0.495 e. The molecule has 2 unspecified atom stereocenters. The van der Waals surface area contributed by atoms with Gasteiger partial charge in [-0.2, -0.15) is 0 Å². The molecule has 29 heavy (non-hydrogen) atoms. The van der Waals surface area contributed by atoms with Crippen LogP contribution in [0.25, 0.3) is 0 Å². The number of anilines is 1. The van der Waals surface area contributed by atoms with Gasteiger partial charge in [0, 0.05) is 32.8 Å². The molecule has 0 radical (unpaired) electrons. The molecular weight excluding hydrogens is 368 g/mol. The zero-order valence-corrected chi connectivity index (χ0v) is 17.7. The molecule has 2 atom stereocenters. The Kier molecular flexibility index (Phi) is 6.30. The molecule has 0 amide bonds. The first kappa shape index (κ1) is 20.1. The second-order valence-corrected chi connectivity index (χ2v) is 8.24. The topological polar surface area (TPSA) is 68.5 Å². The molecule has 0 saturated carbocycles. The lowest BCUT2D eigenvalue weighted by molar-refractivity contribution is 0.0865. The van der Waals surface area contributed by atoms with E-state index in [2.05, 4.69) is 51.3 Å². The van der Waals surface area contributed by atoms with Crippen LogP contribution in [-0.4, -0.2) is 71.1 Å². The van der Waals surface area contributed by atoms with Gasteiger partial charge in [0.2, 0.25) is 0 Å². The van der Waals surface area contributed by atoms with Crippen molar-refractivity contribution in [1.29, 1.82) is 0 Å². The number of hydrogen-bond donors (Lipinski definition) is 0. The maximum absolute atomic E-state index is 5.80. The standard InChI is InChI=1S/C21H32N6O2/c1-16(2)20(21-22-23-24-27(21)15-17-7-6-14-29-17)26-12-10-25(11-13-26)18-8-4-5-9-19(18)28-3/h4-5,8-9,16-17,20H,6-7,10-15H2,1-3H3. The molecule has 158 valence electrons. The highest BCUT2D eigenvalue weighted by atomic mass is 16.5. The number of tetrazole rings is 1. The van der Waals surface area contributed by atoms with Crippen molar-refractivity contribution in [2.24, 2.45) is 5.92 Å². The van der Waals surface area contributed by atoms with Gasteiger partial charge in [0.15, 0.2) is 5.82 Å². The van der Waals surface area contributed by atoms with E-state index < -0.39 is 0 Å². The third-order valence-electron chi connectivity index (χ3n) is 5.99. The lowest BCUT2D eigenvalue weighted by atomic mass is 10.0. The van der Waals surface area contributed by atoms with Gasteiger partial charge in [-0.1, -0.05) is 26.0 Å². The van der Waals surface area contributed by atoms with Crippen molar-refractivity contribution in [2.45, 2.75) is 45.4 Å². The zero-order chi connectivity index (χ0) is 20.2. The molecule has 2 aromatic rings. The lowest BCUT2D eigenvalue weighted by Crippen LogP contribution is -2.49. The fourth-order valence-electron chi connectivity index (χ4n) is 4.55. The molecule has 0 N–H and O–H groups in total. The number of para-hydroxylation sites is 2. The summed E-state index contributed by atoms with van der Waals surface area (Å²) in [5.41, 5.74) is 1.17. The van der Waals surface area contributed by atoms with E-state index in [1.54, 1.807) is 7.11 Å². The highest BCUT2D eigenvalue weighted by molar-refractivity contribution is 5.58. The van der Waals surface area contributed by atoms with Crippen LogP contribution in [0.15, 0.2) is 24.3 Å². The van der Waals surface area contributed by atoms with E-state index in [0.29, 0.717) is 5.92 Å². The van der Waals surface area contributed by atoms with E-state index in [4.69, 9.17) is 9.47 Å². The minimum atomic E-state index is 0.200. The first-order chi connectivity index (χ1) is 14.2. The van der Waals surface area contributed by atoms with Gasteiger partial charge in [0.25, 0.3) is 0 Å². The van der Waals surface area contributed by atoms with Crippen LogP contribution < -0.4 is 9.64 Å². The molecule has 2 saturated heterocycles. The number of hydrogen-bond acceptors (Lipinski definition) is 7. The lowest BCUT2D eigenvalue weighted by Gasteiger charge is -2.41. The molecule has 0 bridgehead atoms. The van der Waals surface area contributed by atoms with Crippen LogP contribution in [0.1, 0.15) is 38.6 Å². The van der Waals surface area contributed by atoms with Crippen molar-refractivity contribution in [3.8, 4) is 5.75 Å². The number of nitrogens with zero attached hydrogens (tertiary/aromatic N) is 6. The zero-order valence-electron chi connectivity index (χ0n) is 17.7. The van der Waals surface area contributed by atoms with Crippen LogP contribution in [-0.2, 0) is 11.3 Å². The first-order valence-corrected chi connectivity index (χ1v) is 10.7. The Morgan fingerprint density at radius 2 is 1.97 bits per heavy atom. The first-order valence-electron chi connectivity index (χ1n) is 10.7. The molecule has 2 aliphatic rings. The number of methoxy groups -OCH3 is 1. The van der Waals surface area contributed by atoms with Crippen LogP contribution in [0.5, 0.6) is 5.75 Å². The predicted octanol–water partition coefficient (Wildman–Crippen LogP) is 2.38. The summed E-state index contributed by atoms with van der Waals surface area (Å²) in [4.78, 5) is 4.93. The van der Waals surface area contributed by atoms with Crippen molar-refractivity contribution in [1.82, 2.24) is 25.1 Å². The fourth-order valence-corrected chi connectivity index (χ4v) is 4.55. The van der Waals surface area contributed by atoms with Crippen LogP contribution in [0.3, 0.4) is 0 Å². The molecule has 8 nitrogen and oxygen atoms in total. The van der Waals surface area contributed by atoms with Crippen molar-refractivity contribution in [3.05, 3.63) is 30.1 Å². The Morgan fingerprint density at radius 3 is 2.66 bits per heavy atom. The Morgan fingerprint density at radius 1 is 1.17 bits per heavy atom. The summed E-state index contributed by atoms with van der Waals surface area (Å²) < 4.78 is 13.3. The Balaban J connectivity index is 1.46. The quantitative estimate of drug-likeness (QED) is 0.707. The normalized spacial score (nSPS) is 21.7. The second-order valence-electron chi connectivity index (χ2n) is 8.24. The molecule has 0 spiro atoms. The van der Waals surface area contributed by atoms with Crippen LogP contribution in [0.4, 0.5) is 5.69 Å². The van der Waals surface area contributed by atoms with E-state index >= 15 is 0 Å². The van der Waals surface area contributed by atoms with Crippen molar-refractivity contribution >= 4 is 5.69 Å². The summed E-state index contributed by atoms with van der Waals surface area (Å²) in [6, 6.07) is 8.45. The van der Waals surface area contributed by atoms with Gasteiger partial charge in [-0.15, -0.1) is 5.10 Å². The van der Waals surface area contributed by atoms with E-state index in [0.717, 1.165) is 63.7 Å². The molecule has 3 heterocycles. The predicted molar refractivity (Wildman–Crippen MR) is 111 cm³/mol. The van der Waals surface area contributed by atoms with E-state index in [1.165, 1.54) is 5.69 Å². The monoisotopic (exact) mass is 400 g/mol. The van der Waals surface area contributed by atoms with Gasteiger partial charge < -0.3 is 14.4 Å². The number of aromatic nitrogens is 4. The molecular formula is C21H32N6O2. The van der Waals surface area contributed by atoms with E-state index in [1.807, 2.05) is 16.8 Å². The van der Waals surface area contributed by atoms with Crippen LogP contribution in [0.2, 0.25) is 0 Å². The second kappa shape index (κ2) is 9.09. The highest BCUT2D eigenvalue weighted by Gasteiger charge is 2.32. The van der Waals surface area contributed by atoms with Crippen LogP contribution in [0, 0.1) is 5.92 Å². The summed E-state index contributed by atoms with van der Waals surface area (Å²) in [7, 11) is 1.73. The molecule has 2 fully saturated rings. The van der Waals surface area contributed by atoms with Crippen LogP contribution >= 0.6 is 0 Å². The number of benzene rings is 1. The number of piperazine rings is 1. The summed E-state index contributed by atoms with van der Waals surface area (Å²) in [6.45, 7) is 9.94. The van der Waals surface area contributed by atoms with Crippen molar-refractivity contribution in [3.63, 3.8) is 0 Å². The van der Waals surface area contributed by atoms with Gasteiger partial charge in [0.05, 0.1) is 31.5 Å².